The molecule has 3 rings (SSSR count). The summed E-state index contributed by atoms with van der Waals surface area (Å²) in [5.74, 6) is 0. The van der Waals surface area contributed by atoms with Gasteiger partial charge in [-0.1, -0.05) is 19.3 Å². The summed E-state index contributed by atoms with van der Waals surface area (Å²) in [5.41, 5.74) is 2.84. The van der Waals surface area contributed by atoms with Gasteiger partial charge in [-0.05, 0) is 37.5 Å². The van der Waals surface area contributed by atoms with Crippen LogP contribution in [0.3, 0.4) is 0 Å². The first kappa shape index (κ1) is 13.6. The van der Waals surface area contributed by atoms with E-state index >= 15 is 0 Å². The van der Waals surface area contributed by atoms with Crippen LogP contribution in [0.5, 0.6) is 0 Å². The maximum Gasteiger partial charge on any atom is 0.137 e. The molecule has 0 unspecified atom stereocenters. The molecule has 0 aliphatic heterocycles. The summed E-state index contributed by atoms with van der Waals surface area (Å²) in [6.07, 6.45) is 9.37. The van der Waals surface area contributed by atoms with Crippen LogP contribution in [0.1, 0.15) is 43.4 Å². The van der Waals surface area contributed by atoms with E-state index in [0.717, 1.165) is 43.6 Å². The van der Waals surface area contributed by atoms with E-state index in [1.807, 2.05) is 6.20 Å². The second-order valence-electron chi connectivity index (χ2n) is 6.07. The van der Waals surface area contributed by atoms with E-state index in [-0.39, 0.29) is 0 Å². The van der Waals surface area contributed by atoms with Crippen LogP contribution in [0.4, 0.5) is 0 Å². The molecular formula is C16H23N3O. The predicted octanol–water partition coefficient (Wildman–Crippen LogP) is 2.43. The van der Waals surface area contributed by atoms with Crippen LogP contribution >= 0.6 is 0 Å². The number of nitrogens with zero attached hydrogens (tertiary/aromatic N) is 2. The van der Waals surface area contributed by atoms with Crippen LogP contribution in [0.25, 0.3) is 5.65 Å². The molecule has 1 aliphatic rings. The van der Waals surface area contributed by atoms with Crippen molar-refractivity contribution in [3.63, 3.8) is 0 Å². The fourth-order valence-corrected chi connectivity index (χ4v) is 3.08. The third kappa shape index (κ3) is 2.86. The molecule has 1 saturated carbocycles. The van der Waals surface area contributed by atoms with Crippen LogP contribution in [-0.4, -0.2) is 26.6 Å². The normalized spacial score (nSPS) is 18.5. The Kier molecular flexibility index (Phi) is 3.76. The average Bonchev–Trinajstić information content (AvgIpc) is 2.82. The van der Waals surface area contributed by atoms with Gasteiger partial charge in [0.15, 0.2) is 0 Å². The van der Waals surface area contributed by atoms with Crippen molar-refractivity contribution in [2.75, 3.05) is 6.54 Å². The molecule has 4 heteroatoms. The van der Waals surface area contributed by atoms with Gasteiger partial charge in [0, 0.05) is 19.3 Å². The second-order valence-corrected chi connectivity index (χ2v) is 6.07. The highest BCUT2D eigenvalue weighted by Gasteiger charge is 2.28. The lowest BCUT2D eigenvalue weighted by atomic mass is 9.85. The maximum atomic E-state index is 10.5. The predicted molar refractivity (Wildman–Crippen MR) is 79.7 cm³/mol. The van der Waals surface area contributed by atoms with E-state index in [4.69, 9.17) is 0 Å². The molecular weight excluding hydrogens is 250 g/mol. The zero-order chi connectivity index (χ0) is 14.0. The van der Waals surface area contributed by atoms with Crippen LogP contribution in [0.2, 0.25) is 0 Å². The fourth-order valence-electron chi connectivity index (χ4n) is 3.08. The zero-order valence-corrected chi connectivity index (χ0v) is 12.1. The zero-order valence-electron chi connectivity index (χ0n) is 12.1. The number of pyridine rings is 1. The van der Waals surface area contributed by atoms with Gasteiger partial charge >= 0.3 is 0 Å². The molecule has 2 aromatic rings. The third-order valence-electron chi connectivity index (χ3n) is 4.29. The Morgan fingerprint density at radius 3 is 2.95 bits per heavy atom. The first-order chi connectivity index (χ1) is 9.66. The monoisotopic (exact) mass is 273 g/mol. The lowest BCUT2D eigenvalue weighted by molar-refractivity contribution is 0.00461. The van der Waals surface area contributed by atoms with Gasteiger partial charge in [-0.2, -0.15) is 0 Å². The Morgan fingerprint density at radius 2 is 2.15 bits per heavy atom. The van der Waals surface area contributed by atoms with Crippen LogP contribution < -0.4 is 5.32 Å². The highest BCUT2D eigenvalue weighted by Crippen LogP contribution is 2.27. The van der Waals surface area contributed by atoms with Crippen molar-refractivity contribution >= 4 is 5.65 Å². The molecule has 2 heterocycles. The molecule has 0 bridgehead atoms. The Morgan fingerprint density at radius 1 is 1.35 bits per heavy atom. The van der Waals surface area contributed by atoms with Crippen molar-refractivity contribution in [2.45, 2.75) is 51.2 Å². The maximum absolute atomic E-state index is 10.5. The van der Waals surface area contributed by atoms with E-state index in [1.165, 1.54) is 12.0 Å². The first-order valence-corrected chi connectivity index (χ1v) is 7.52. The Labute approximate surface area is 119 Å². The molecule has 1 aliphatic carbocycles. The van der Waals surface area contributed by atoms with Gasteiger partial charge in [0.2, 0.25) is 0 Å². The summed E-state index contributed by atoms with van der Waals surface area (Å²) in [6.45, 7) is 3.49. The molecule has 0 atom stereocenters. The summed E-state index contributed by atoms with van der Waals surface area (Å²) in [5, 5.41) is 13.9. The van der Waals surface area contributed by atoms with Crippen molar-refractivity contribution in [1.82, 2.24) is 14.7 Å². The van der Waals surface area contributed by atoms with Crippen molar-refractivity contribution < 1.29 is 5.11 Å². The molecule has 0 spiro atoms. The van der Waals surface area contributed by atoms with Crippen molar-refractivity contribution in [2.24, 2.45) is 0 Å². The number of nitrogens with one attached hydrogen (secondary N) is 1. The molecule has 4 nitrogen and oxygen atoms in total. The quantitative estimate of drug-likeness (QED) is 0.899. The van der Waals surface area contributed by atoms with Gasteiger partial charge in [0.1, 0.15) is 5.65 Å². The second kappa shape index (κ2) is 5.54. The molecule has 0 aromatic carbocycles. The molecule has 0 radical (unpaired) electrons. The first-order valence-electron chi connectivity index (χ1n) is 7.52. The molecule has 1 fully saturated rings. The van der Waals surface area contributed by atoms with Gasteiger partial charge in [-0.3, -0.25) is 0 Å². The van der Waals surface area contributed by atoms with Gasteiger partial charge in [0.05, 0.1) is 17.5 Å². The van der Waals surface area contributed by atoms with Crippen molar-refractivity contribution in [1.29, 1.82) is 0 Å². The Hall–Kier alpha value is -1.39. The van der Waals surface area contributed by atoms with Crippen molar-refractivity contribution in [3.05, 3.63) is 35.8 Å². The fraction of sp³-hybridized carbons (Fsp3) is 0.562. The van der Waals surface area contributed by atoms with Crippen LogP contribution in [0, 0.1) is 6.92 Å². The number of rotatable bonds is 4. The van der Waals surface area contributed by atoms with Crippen LogP contribution in [0.15, 0.2) is 24.5 Å². The number of aromatic nitrogens is 2. The number of aliphatic hydroxyl groups is 1. The Balaban J connectivity index is 1.62. The SMILES string of the molecule is Cc1ccn2c(CNCC3(O)CCCCC3)cnc2c1. The molecule has 0 amide bonds. The summed E-state index contributed by atoms with van der Waals surface area (Å²) in [4.78, 5) is 4.42. The standard InChI is InChI=1S/C16H23N3O/c1-13-5-8-19-14(11-18-15(19)9-13)10-17-12-16(20)6-3-2-4-7-16/h5,8-9,11,17,20H,2-4,6-7,10,12H2,1H3. The van der Waals surface area contributed by atoms with Gasteiger partial charge in [-0.25, -0.2) is 4.98 Å². The smallest absolute Gasteiger partial charge is 0.137 e. The number of fused-ring (bicyclic) bond motifs is 1. The summed E-state index contributed by atoms with van der Waals surface area (Å²) in [6, 6.07) is 4.17. The minimum Gasteiger partial charge on any atom is -0.389 e. The molecule has 108 valence electrons. The van der Waals surface area contributed by atoms with Gasteiger partial charge in [0.25, 0.3) is 0 Å². The number of imidazole rings is 1. The molecule has 20 heavy (non-hydrogen) atoms. The van der Waals surface area contributed by atoms with Crippen LogP contribution in [-0.2, 0) is 6.54 Å². The minimum atomic E-state index is -0.505. The molecule has 2 aromatic heterocycles. The van der Waals surface area contributed by atoms with E-state index in [0.29, 0.717) is 6.54 Å². The van der Waals surface area contributed by atoms with Crippen molar-refractivity contribution in [3.8, 4) is 0 Å². The summed E-state index contributed by atoms with van der Waals surface area (Å²) >= 11 is 0. The number of hydrogen-bond acceptors (Lipinski definition) is 3. The highest BCUT2D eigenvalue weighted by molar-refractivity contribution is 5.42. The summed E-state index contributed by atoms with van der Waals surface area (Å²) in [7, 11) is 0. The largest absolute Gasteiger partial charge is 0.389 e. The van der Waals surface area contributed by atoms with Gasteiger partial charge < -0.3 is 14.8 Å². The van der Waals surface area contributed by atoms with E-state index in [9.17, 15) is 5.11 Å². The Bertz CT molecular complexity index is 584. The van der Waals surface area contributed by atoms with Gasteiger partial charge in [-0.15, -0.1) is 0 Å². The molecule has 0 saturated heterocycles. The lowest BCUT2D eigenvalue weighted by Gasteiger charge is -2.32. The van der Waals surface area contributed by atoms with E-state index in [1.54, 1.807) is 0 Å². The van der Waals surface area contributed by atoms with E-state index < -0.39 is 5.60 Å². The minimum absolute atomic E-state index is 0.505. The summed E-state index contributed by atoms with van der Waals surface area (Å²) < 4.78 is 2.10. The topological polar surface area (TPSA) is 49.6 Å². The average molecular weight is 273 g/mol. The number of hydrogen-bond donors (Lipinski definition) is 2. The number of aryl methyl sites for hydroxylation is 1. The lowest BCUT2D eigenvalue weighted by Crippen LogP contribution is -2.42. The molecule has 2 N–H and O–H groups in total. The van der Waals surface area contributed by atoms with E-state index in [2.05, 4.69) is 40.0 Å². The third-order valence-corrected chi connectivity index (χ3v) is 4.29. The highest BCUT2D eigenvalue weighted by atomic mass is 16.3.